The van der Waals surface area contributed by atoms with Gasteiger partial charge in [0.05, 0.1) is 0 Å². The normalized spacial score (nSPS) is 10.6. The SMILES string of the molecule is Cc1ccc(-c2ccc(SCl)c(C)c2C)cc1. The molecule has 0 aromatic heterocycles. The maximum Gasteiger partial charge on any atom is 0.0265 e. The molecular weight excluding hydrogens is 248 g/mol. The van der Waals surface area contributed by atoms with Crippen molar-refractivity contribution in [1.29, 1.82) is 0 Å². The van der Waals surface area contributed by atoms with Gasteiger partial charge in [-0.1, -0.05) is 35.9 Å². The molecule has 2 heteroatoms. The molecule has 0 N–H and O–H groups in total. The Morgan fingerprint density at radius 2 is 1.47 bits per heavy atom. The monoisotopic (exact) mass is 262 g/mol. The molecule has 0 spiro atoms. The molecule has 0 amide bonds. The molecule has 0 radical (unpaired) electrons. The first-order valence-corrected chi connectivity index (χ1v) is 7.23. The van der Waals surface area contributed by atoms with Crippen LogP contribution in [0.4, 0.5) is 0 Å². The van der Waals surface area contributed by atoms with Crippen LogP contribution in [0.1, 0.15) is 16.7 Å². The van der Waals surface area contributed by atoms with E-state index in [2.05, 4.69) is 57.2 Å². The van der Waals surface area contributed by atoms with Crippen LogP contribution in [-0.4, -0.2) is 0 Å². The summed E-state index contributed by atoms with van der Waals surface area (Å²) in [5, 5.41) is 0. The molecule has 0 nitrogen and oxygen atoms in total. The summed E-state index contributed by atoms with van der Waals surface area (Å²) in [6, 6.07) is 12.9. The Morgan fingerprint density at radius 3 is 2.06 bits per heavy atom. The molecule has 2 aromatic rings. The Bertz CT molecular complexity index is 529. The minimum absolute atomic E-state index is 1.14. The van der Waals surface area contributed by atoms with Crippen molar-refractivity contribution in [1.82, 2.24) is 0 Å². The fraction of sp³-hybridized carbons (Fsp3) is 0.200. The van der Waals surface area contributed by atoms with Gasteiger partial charge in [0.15, 0.2) is 0 Å². The minimum atomic E-state index is 1.14. The molecule has 0 saturated heterocycles. The quantitative estimate of drug-likeness (QED) is 0.686. The second-order valence-electron chi connectivity index (χ2n) is 4.30. The number of hydrogen-bond donors (Lipinski definition) is 0. The predicted octanol–water partition coefficient (Wildman–Crippen LogP) is 5.52. The molecule has 0 unspecified atom stereocenters. The third-order valence-electron chi connectivity index (χ3n) is 3.18. The van der Waals surface area contributed by atoms with E-state index in [1.807, 2.05) is 0 Å². The molecule has 0 aliphatic rings. The lowest BCUT2D eigenvalue weighted by Gasteiger charge is -2.12. The largest absolute Gasteiger partial charge is 0.0587 e. The van der Waals surface area contributed by atoms with E-state index < -0.39 is 0 Å². The number of halogens is 1. The summed E-state index contributed by atoms with van der Waals surface area (Å²) in [5.41, 5.74) is 6.41. The van der Waals surface area contributed by atoms with Crippen LogP contribution in [0.5, 0.6) is 0 Å². The maximum atomic E-state index is 5.84. The molecular formula is C15H15ClS. The van der Waals surface area contributed by atoms with Crippen molar-refractivity contribution in [3.05, 3.63) is 53.1 Å². The van der Waals surface area contributed by atoms with E-state index in [1.54, 1.807) is 0 Å². The highest BCUT2D eigenvalue weighted by Crippen LogP contribution is 2.33. The van der Waals surface area contributed by atoms with Crippen LogP contribution in [0, 0.1) is 20.8 Å². The zero-order valence-corrected chi connectivity index (χ0v) is 11.8. The van der Waals surface area contributed by atoms with Crippen molar-refractivity contribution >= 4 is 21.7 Å². The van der Waals surface area contributed by atoms with Gasteiger partial charge in [0.2, 0.25) is 0 Å². The molecule has 2 rings (SSSR count). The Labute approximate surface area is 112 Å². The van der Waals surface area contributed by atoms with Crippen LogP contribution in [0.3, 0.4) is 0 Å². The van der Waals surface area contributed by atoms with Crippen LogP contribution >= 0.6 is 21.7 Å². The molecule has 0 fully saturated rings. The molecule has 2 aromatic carbocycles. The number of rotatable bonds is 2. The first kappa shape index (κ1) is 12.5. The van der Waals surface area contributed by atoms with Crippen molar-refractivity contribution in [2.75, 3.05) is 0 Å². The molecule has 0 aliphatic carbocycles. The summed E-state index contributed by atoms with van der Waals surface area (Å²) >= 11 is 0. The fourth-order valence-corrected chi connectivity index (χ4v) is 2.82. The molecule has 0 heterocycles. The third kappa shape index (κ3) is 2.51. The fourth-order valence-electron chi connectivity index (χ4n) is 1.93. The van der Waals surface area contributed by atoms with Crippen molar-refractivity contribution in [2.45, 2.75) is 25.7 Å². The molecule has 88 valence electrons. The first-order chi connectivity index (χ1) is 8.13. The van der Waals surface area contributed by atoms with Gasteiger partial charge in [-0.05, 0) is 70.7 Å². The van der Waals surface area contributed by atoms with Crippen molar-refractivity contribution in [3.63, 3.8) is 0 Å². The van der Waals surface area contributed by atoms with Gasteiger partial charge in [-0.3, -0.25) is 0 Å². The van der Waals surface area contributed by atoms with Crippen molar-refractivity contribution in [2.24, 2.45) is 0 Å². The van der Waals surface area contributed by atoms with Gasteiger partial charge in [0.1, 0.15) is 0 Å². The van der Waals surface area contributed by atoms with Gasteiger partial charge in [-0.25, -0.2) is 0 Å². The van der Waals surface area contributed by atoms with E-state index in [-0.39, 0.29) is 0 Å². The predicted molar refractivity (Wildman–Crippen MR) is 77.8 cm³/mol. The Balaban J connectivity index is 2.53. The topological polar surface area (TPSA) is 0 Å². The Kier molecular flexibility index (Phi) is 3.80. The number of aryl methyl sites for hydroxylation is 1. The Morgan fingerprint density at radius 1 is 0.824 bits per heavy atom. The van der Waals surface area contributed by atoms with Gasteiger partial charge in [0, 0.05) is 4.90 Å². The van der Waals surface area contributed by atoms with E-state index in [9.17, 15) is 0 Å². The highest BCUT2D eigenvalue weighted by atomic mass is 35.7. The van der Waals surface area contributed by atoms with E-state index in [0.717, 1.165) is 4.90 Å². The van der Waals surface area contributed by atoms with E-state index in [0.29, 0.717) is 0 Å². The highest BCUT2D eigenvalue weighted by Gasteiger charge is 2.07. The lowest BCUT2D eigenvalue weighted by Crippen LogP contribution is -1.89. The third-order valence-corrected chi connectivity index (χ3v) is 4.29. The lowest BCUT2D eigenvalue weighted by molar-refractivity contribution is 1.24. The van der Waals surface area contributed by atoms with Gasteiger partial charge < -0.3 is 0 Å². The van der Waals surface area contributed by atoms with Crippen LogP contribution in [0.2, 0.25) is 0 Å². The average molecular weight is 263 g/mol. The zero-order chi connectivity index (χ0) is 12.4. The minimum Gasteiger partial charge on any atom is -0.0587 e. The van der Waals surface area contributed by atoms with Gasteiger partial charge in [0.25, 0.3) is 0 Å². The summed E-state index contributed by atoms with van der Waals surface area (Å²) in [7, 11) is 7.13. The lowest BCUT2D eigenvalue weighted by atomic mass is 9.96. The summed E-state index contributed by atoms with van der Waals surface area (Å²) < 4.78 is 0. The molecule has 17 heavy (non-hydrogen) atoms. The number of hydrogen-bond acceptors (Lipinski definition) is 1. The van der Waals surface area contributed by atoms with Crippen LogP contribution in [0.25, 0.3) is 11.1 Å². The van der Waals surface area contributed by atoms with Gasteiger partial charge in [-0.2, -0.15) is 0 Å². The second kappa shape index (κ2) is 5.16. The Hall–Kier alpha value is -0.920. The van der Waals surface area contributed by atoms with E-state index in [1.165, 1.54) is 38.8 Å². The van der Waals surface area contributed by atoms with Gasteiger partial charge >= 0.3 is 0 Å². The molecule has 0 saturated carbocycles. The van der Waals surface area contributed by atoms with Crippen molar-refractivity contribution < 1.29 is 0 Å². The highest BCUT2D eigenvalue weighted by molar-refractivity contribution is 8.21. The molecule has 0 atom stereocenters. The van der Waals surface area contributed by atoms with Crippen LogP contribution in [0.15, 0.2) is 41.3 Å². The standard InChI is InChI=1S/C15H15ClS/c1-10-4-6-13(7-5-10)14-8-9-15(17-16)12(3)11(14)2/h4-9H,1-3H3. The van der Waals surface area contributed by atoms with E-state index in [4.69, 9.17) is 10.7 Å². The summed E-state index contributed by atoms with van der Waals surface area (Å²) in [4.78, 5) is 1.14. The summed E-state index contributed by atoms with van der Waals surface area (Å²) in [6.07, 6.45) is 0. The summed E-state index contributed by atoms with van der Waals surface area (Å²) in [5.74, 6) is 0. The zero-order valence-electron chi connectivity index (χ0n) is 10.3. The average Bonchev–Trinajstić information content (AvgIpc) is 2.34. The van der Waals surface area contributed by atoms with Gasteiger partial charge in [-0.15, -0.1) is 0 Å². The second-order valence-corrected chi connectivity index (χ2v) is 5.36. The smallest absolute Gasteiger partial charge is 0.0265 e. The van der Waals surface area contributed by atoms with Crippen molar-refractivity contribution in [3.8, 4) is 11.1 Å². The van der Waals surface area contributed by atoms with E-state index >= 15 is 0 Å². The summed E-state index contributed by atoms with van der Waals surface area (Å²) in [6.45, 7) is 6.38. The maximum absolute atomic E-state index is 5.84. The molecule has 0 aliphatic heterocycles. The molecule has 0 bridgehead atoms. The van der Waals surface area contributed by atoms with Crippen LogP contribution in [-0.2, 0) is 0 Å². The van der Waals surface area contributed by atoms with Crippen LogP contribution < -0.4 is 0 Å². The first-order valence-electron chi connectivity index (χ1n) is 5.59. The number of benzene rings is 2.